The maximum absolute atomic E-state index is 12.0. The first-order valence-electron chi connectivity index (χ1n) is 5.00. The predicted octanol–water partition coefficient (Wildman–Crippen LogP) is 0.344. The van der Waals surface area contributed by atoms with Gasteiger partial charge in [0.05, 0.1) is 0 Å². The third-order valence-electron chi connectivity index (χ3n) is 2.82. The average Bonchev–Trinajstić information content (AvgIpc) is 2.75. The maximum Gasteiger partial charge on any atom is 0.271 e. The molecular weight excluding hydrogens is 226 g/mol. The van der Waals surface area contributed by atoms with Gasteiger partial charge < -0.3 is 5.73 Å². The van der Waals surface area contributed by atoms with Gasteiger partial charge in [0.1, 0.15) is 5.56 Å². The Hall–Kier alpha value is -1.69. The van der Waals surface area contributed by atoms with Crippen LogP contribution in [0.3, 0.4) is 0 Å². The molecule has 0 unspecified atom stereocenters. The topological polar surface area (TPSA) is 77.5 Å². The molecule has 82 valence electrons. The van der Waals surface area contributed by atoms with Crippen LogP contribution in [0.15, 0.2) is 11.0 Å². The van der Waals surface area contributed by atoms with Gasteiger partial charge in [-0.15, -0.1) is 11.3 Å². The molecule has 5 nitrogen and oxygen atoms in total. The fourth-order valence-corrected chi connectivity index (χ4v) is 3.24. The molecule has 0 saturated carbocycles. The Kier molecular flexibility index (Phi) is 1.88. The minimum atomic E-state index is -0.718. The lowest BCUT2D eigenvalue weighted by Gasteiger charge is -1.98. The summed E-state index contributed by atoms with van der Waals surface area (Å²) in [5.41, 5.74) is 5.76. The third kappa shape index (κ3) is 1.13. The van der Waals surface area contributed by atoms with Crippen molar-refractivity contribution in [1.29, 1.82) is 0 Å². The summed E-state index contributed by atoms with van der Waals surface area (Å²) >= 11 is 1.52. The lowest BCUT2D eigenvalue weighted by Crippen LogP contribution is -2.27. The van der Waals surface area contributed by atoms with Gasteiger partial charge >= 0.3 is 0 Å². The van der Waals surface area contributed by atoms with Gasteiger partial charge in [0, 0.05) is 16.8 Å². The van der Waals surface area contributed by atoms with Gasteiger partial charge in [-0.05, 0) is 19.3 Å². The summed E-state index contributed by atoms with van der Waals surface area (Å²) in [7, 11) is 0. The van der Waals surface area contributed by atoms with Crippen molar-refractivity contribution in [2.45, 2.75) is 19.3 Å². The first-order chi connectivity index (χ1) is 7.68. The normalized spacial score (nSPS) is 14.2. The Bertz CT molecular complexity index is 656. The zero-order chi connectivity index (χ0) is 11.3. The van der Waals surface area contributed by atoms with Crippen molar-refractivity contribution in [3.63, 3.8) is 0 Å². The van der Waals surface area contributed by atoms with Crippen LogP contribution in [-0.4, -0.2) is 15.3 Å². The Morgan fingerprint density at radius 2 is 2.31 bits per heavy atom. The fraction of sp³-hybridized carbons (Fsp3) is 0.300. The molecule has 0 spiro atoms. The number of hydrogen-bond acceptors (Lipinski definition) is 4. The summed E-state index contributed by atoms with van der Waals surface area (Å²) < 4.78 is 1.53. The van der Waals surface area contributed by atoms with Crippen LogP contribution in [0.2, 0.25) is 0 Å². The smallest absolute Gasteiger partial charge is 0.271 e. The number of nitrogens with zero attached hydrogens (tertiary/aromatic N) is 2. The quantitative estimate of drug-likeness (QED) is 0.774. The van der Waals surface area contributed by atoms with Crippen molar-refractivity contribution in [3.8, 4) is 0 Å². The first kappa shape index (κ1) is 9.53. The fourth-order valence-electron chi connectivity index (χ4n) is 2.08. The molecule has 6 heteroatoms. The highest BCUT2D eigenvalue weighted by atomic mass is 32.1. The molecule has 2 N–H and O–H groups in total. The molecule has 0 atom stereocenters. The molecule has 2 aromatic heterocycles. The predicted molar refractivity (Wildman–Crippen MR) is 59.9 cm³/mol. The number of nitrogens with two attached hydrogens (primary N) is 1. The lowest BCUT2D eigenvalue weighted by molar-refractivity contribution is 0.0998. The van der Waals surface area contributed by atoms with Crippen molar-refractivity contribution in [2.24, 2.45) is 5.73 Å². The summed E-state index contributed by atoms with van der Waals surface area (Å²) in [6.07, 6.45) is 4.20. The molecule has 0 bridgehead atoms. The molecule has 0 radical (unpaired) electrons. The third-order valence-corrected chi connectivity index (χ3v) is 3.97. The highest BCUT2D eigenvalue weighted by molar-refractivity contribution is 7.17. The number of carbonyl (C=O) groups excluding carboxylic acids is 1. The molecule has 16 heavy (non-hydrogen) atoms. The molecule has 1 aliphatic carbocycles. The molecule has 2 aromatic rings. The van der Waals surface area contributed by atoms with E-state index in [4.69, 9.17) is 5.73 Å². The Morgan fingerprint density at radius 3 is 3.06 bits per heavy atom. The largest absolute Gasteiger partial charge is 0.365 e. The van der Waals surface area contributed by atoms with Gasteiger partial charge in [-0.1, -0.05) is 0 Å². The standard InChI is InChI=1S/C10H9N3O2S/c11-8(14)5-4-12-10-13(9(5)15)6-2-1-3-7(6)16-10/h4H,1-3H2,(H2,11,14). The van der Waals surface area contributed by atoms with Gasteiger partial charge in [-0.2, -0.15) is 0 Å². The number of fused-ring (bicyclic) bond motifs is 3. The van der Waals surface area contributed by atoms with Gasteiger partial charge in [0.25, 0.3) is 11.5 Å². The molecule has 0 aliphatic heterocycles. The van der Waals surface area contributed by atoms with Crippen molar-refractivity contribution in [3.05, 3.63) is 32.7 Å². The summed E-state index contributed by atoms with van der Waals surface area (Å²) in [5, 5.41) is 0. The van der Waals surface area contributed by atoms with Crippen LogP contribution < -0.4 is 11.3 Å². The van der Waals surface area contributed by atoms with Gasteiger partial charge in [0.2, 0.25) is 0 Å². The highest BCUT2D eigenvalue weighted by Gasteiger charge is 2.21. The number of hydrogen-bond donors (Lipinski definition) is 1. The number of rotatable bonds is 1. The van der Waals surface area contributed by atoms with Crippen molar-refractivity contribution in [2.75, 3.05) is 0 Å². The number of thiazole rings is 1. The molecule has 0 aromatic carbocycles. The molecule has 1 aliphatic rings. The number of primary amides is 1. The van der Waals surface area contributed by atoms with Crippen molar-refractivity contribution < 1.29 is 4.79 Å². The summed E-state index contributed by atoms with van der Waals surface area (Å²) in [4.78, 5) is 29.0. The van der Waals surface area contributed by atoms with E-state index in [1.165, 1.54) is 26.8 Å². The van der Waals surface area contributed by atoms with Crippen LogP contribution in [0.4, 0.5) is 0 Å². The van der Waals surface area contributed by atoms with Gasteiger partial charge in [-0.3, -0.25) is 14.0 Å². The van der Waals surface area contributed by atoms with E-state index in [0.717, 1.165) is 25.0 Å². The van der Waals surface area contributed by atoms with Crippen molar-refractivity contribution in [1.82, 2.24) is 9.38 Å². The summed E-state index contributed by atoms with van der Waals surface area (Å²) in [5.74, 6) is -0.718. The van der Waals surface area contributed by atoms with Crippen molar-refractivity contribution >= 4 is 22.2 Å². The Labute approximate surface area is 94.5 Å². The van der Waals surface area contributed by atoms with Gasteiger partial charge in [-0.25, -0.2) is 4.98 Å². The molecule has 1 amide bonds. The first-order valence-corrected chi connectivity index (χ1v) is 5.82. The molecular formula is C10H9N3O2S. The lowest BCUT2D eigenvalue weighted by atomic mass is 10.3. The van der Waals surface area contributed by atoms with E-state index >= 15 is 0 Å². The minimum absolute atomic E-state index is 0.0370. The zero-order valence-electron chi connectivity index (χ0n) is 8.40. The molecule has 2 heterocycles. The Morgan fingerprint density at radius 1 is 1.50 bits per heavy atom. The highest BCUT2D eigenvalue weighted by Crippen LogP contribution is 2.28. The molecule has 3 rings (SSSR count). The van der Waals surface area contributed by atoms with Crippen LogP contribution in [0.5, 0.6) is 0 Å². The number of aryl methyl sites for hydroxylation is 2. The van der Waals surface area contributed by atoms with E-state index in [-0.39, 0.29) is 11.1 Å². The summed E-state index contributed by atoms with van der Waals surface area (Å²) in [6, 6.07) is 0. The molecule has 0 saturated heterocycles. The van der Waals surface area contributed by atoms with Crippen LogP contribution in [0, 0.1) is 0 Å². The maximum atomic E-state index is 12.0. The van der Waals surface area contributed by atoms with E-state index in [1.807, 2.05) is 0 Å². The second-order valence-corrected chi connectivity index (χ2v) is 4.85. The van der Waals surface area contributed by atoms with Crippen LogP contribution in [-0.2, 0) is 12.8 Å². The molecule has 0 fully saturated rings. The van der Waals surface area contributed by atoms with E-state index in [1.54, 1.807) is 0 Å². The monoisotopic (exact) mass is 235 g/mol. The zero-order valence-corrected chi connectivity index (χ0v) is 9.21. The van der Waals surface area contributed by atoms with E-state index in [9.17, 15) is 9.59 Å². The van der Waals surface area contributed by atoms with E-state index in [0.29, 0.717) is 4.96 Å². The summed E-state index contributed by atoms with van der Waals surface area (Å²) in [6.45, 7) is 0. The number of carbonyl (C=O) groups is 1. The average molecular weight is 235 g/mol. The SMILES string of the molecule is NC(=O)c1cnc2sc3c(n2c1=O)CCC3. The second-order valence-electron chi connectivity index (χ2n) is 3.78. The second kappa shape index (κ2) is 3.15. The van der Waals surface area contributed by atoms with Crippen LogP contribution in [0.25, 0.3) is 4.96 Å². The number of aromatic nitrogens is 2. The van der Waals surface area contributed by atoms with Crippen LogP contribution in [0.1, 0.15) is 27.3 Å². The van der Waals surface area contributed by atoms with E-state index in [2.05, 4.69) is 4.98 Å². The number of amides is 1. The Balaban J connectivity index is 2.43. The van der Waals surface area contributed by atoms with Gasteiger partial charge in [0.15, 0.2) is 4.96 Å². The van der Waals surface area contributed by atoms with Crippen LogP contribution >= 0.6 is 11.3 Å². The minimum Gasteiger partial charge on any atom is -0.365 e. The van der Waals surface area contributed by atoms with E-state index < -0.39 is 5.91 Å².